The van der Waals surface area contributed by atoms with Gasteiger partial charge in [-0.15, -0.1) is 0 Å². The van der Waals surface area contributed by atoms with Crippen LogP contribution in [0, 0.1) is 0 Å². The molecule has 3 heteroatoms. The maximum Gasteiger partial charge on any atom is 0.258 e. The van der Waals surface area contributed by atoms with Gasteiger partial charge in [0.15, 0.2) is 0 Å². The zero-order valence-electron chi connectivity index (χ0n) is 10.5. The van der Waals surface area contributed by atoms with Crippen molar-refractivity contribution >= 4 is 10.9 Å². The molecular weight excluding hydrogens is 238 g/mol. The van der Waals surface area contributed by atoms with Gasteiger partial charge in [0.25, 0.3) is 5.56 Å². The SMILES string of the molecule is Cn1c(=O)c(-c2ccccc2)cc2cc(O)ccc21. The molecule has 0 radical (unpaired) electrons. The van der Waals surface area contributed by atoms with Crippen LogP contribution < -0.4 is 5.56 Å². The lowest BCUT2D eigenvalue weighted by atomic mass is 10.0. The van der Waals surface area contributed by atoms with Crippen molar-refractivity contribution in [1.82, 2.24) is 4.57 Å². The first-order valence-corrected chi connectivity index (χ1v) is 6.05. The summed E-state index contributed by atoms with van der Waals surface area (Å²) in [5.41, 5.74) is 2.29. The van der Waals surface area contributed by atoms with E-state index in [9.17, 15) is 9.90 Å². The molecule has 0 spiro atoms. The van der Waals surface area contributed by atoms with E-state index in [1.807, 2.05) is 36.4 Å². The van der Waals surface area contributed by atoms with Crippen LogP contribution in [0.15, 0.2) is 59.4 Å². The average molecular weight is 251 g/mol. The van der Waals surface area contributed by atoms with E-state index in [2.05, 4.69) is 0 Å². The van der Waals surface area contributed by atoms with E-state index in [0.29, 0.717) is 5.56 Å². The quantitative estimate of drug-likeness (QED) is 0.722. The summed E-state index contributed by atoms with van der Waals surface area (Å²) in [5.74, 6) is 0.199. The summed E-state index contributed by atoms with van der Waals surface area (Å²) in [6, 6.07) is 16.4. The second kappa shape index (κ2) is 4.28. The number of phenols is 1. The van der Waals surface area contributed by atoms with E-state index < -0.39 is 0 Å². The molecule has 0 aliphatic carbocycles. The van der Waals surface area contributed by atoms with Crippen molar-refractivity contribution in [3.63, 3.8) is 0 Å². The fourth-order valence-corrected chi connectivity index (χ4v) is 2.29. The van der Waals surface area contributed by atoms with Gasteiger partial charge in [0.2, 0.25) is 0 Å². The van der Waals surface area contributed by atoms with Crippen molar-refractivity contribution in [3.05, 3.63) is 65.0 Å². The summed E-state index contributed by atoms with van der Waals surface area (Å²) in [7, 11) is 1.74. The molecule has 0 saturated carbocycles. The van der Waals surface area contributed by atoms with Gasteiger partial charge in [0.1, 0.15) is 5.75 Å². The third kappa shape index (κ3) is 1.89. The predicted octanol–water partition coefficient (Wildman–Crippen LogP) is 2.91. The van der Waals surface area contributed by atoms with Gasteiger partial charge >= 0.3 is 0 Å². The van der Waals surface area contributed by atoms with Crippen LogP contribution in [0.3, 0.4) is 0 Å². The van der Waals surface area contributed by atoms with E-state index in [0.717, 1.165) is 16.5 Å². The number of phenolic OH excluding ortho intramolecular Hbond substituents is 1. The fourth-order valence-electron chi connectivity index (χ4n) is 2.29. The number of hydrogen-bond acceptors (Lipinski definition) is 2. The van der Waals surface area contributed by atoms with Crippen molar-refractivity contribution in [2.75, 3.05) is 0 Å². The van der Waals surface area contributed by atoms with Crippen LogP contribution in [0.25, 0.3) is 22.0 Å². The summed E-state index contributed by atoms with van der Waals surface area (Å²) in [5, 5.41) is 10.4. The Kier molecular flexibility index (Phi) is 2.60. The number of fused-ring (bicyclic) bond motifs is 1. The maximum absolute atomic E-state index is 12.4. The van der Waals surface area contributed by atoms with Crippen LogP contribution in [0.1, 0.15) is 0 Å². The van der Waals surface area contributed by atoms with Gasteiger partial charge in [-0.25, -0.2) is 0 Å². The van der Waals surface area contributed by atoms with Crippen molar-refractivity contribution in [2.24, 2.45) is 7.05 Å². The van der Waals surface area contributed by atoms with Crippen LogP contribution in [0.4, 0.5) is 0 Å². The van der Waals surface area contributed by atoms with Gasteiger partial charge in [0, 0.05) is 18.0 Å². The molecule has 1 N–H and O–H groups in total. The number of aromatic hydroxyl groups is 1. The Bertz CT molecular complexity index is 804. The standard InChI is InChI=1S/C16H13NO2/c1-17-15-8-7-13(18)9-12(15)10-14(16(17)19)11-5-3-2-4-6-11/h2-10,18H,1H3. The second-order valence-electron chi connectivity index (χ2n) is 4.53. The molecule has 1 heterocycles. The Morgan fingerprint density at radius 1 is 1.00 bits per heavy atom. The summed E-state index contributed by atoms with van der Waals surface area (Å²) in [4.78, 5) is 12.4. The zero-order chi connectivity index (χ0) is 13.4. The molecule has 0 atom stereocenters. The van der Waals surface area contributed by atoms with E-state index in [4.69, 9.17) is 0 Å². The van der Waals surface area contributed by atoms with Crippen LogP contribution in [0.5, 0.6) is 5.75 Å². The number of benzene rings is 2. The molecule has 0 amide bonds. The summed E-state index contributed by atoms with van der Waals surface area (Å²) < 4.78 is 1.61. The molecule has 19 heavy (non-hydrogen) atoms. The number of aryl methyl sites for hydroxylation is 1. The van der Waals surface area contributed by atoms with Crippen LogP contribution in [-0.4, -0.2) is 9.67 Å². The third-order valence-corrected chi connectivity index (χ3v) is 3.29. The summed E-state index contributed by atoms with van der Waals surface area (Å²) >= 11 is 0. The van der Waals surface area contributed by atoms with Crippen molar-refractivity contribution in [3.8, 4) is 16.9 Å². The molecule has 0 bridgehead atoms. The molecule has 3 nitrogen and oxygen atoms in total. The number of aromatic nitrogens is 1. The molecule has 0 saturated heterocycles. The minimum atomic E-state index is -0.0376. The summed E-state index contributed by atoms with van der Waals surface area (Å²) in [6.07, 6.45) is 0. The van der Waals surface area contributed by atoms with Gasteiger partial charge in [-0.1, -0.05) is 30.3 Å². The lowest BCUT2D eigenvalue weighted by Gasteiger charge is -2.09. The smallest absolute Gasteiger partial charge is 0.258 e. The minimum absolute atomic E-state index is 0.0376. The molecule has 0 unspecified atom stereocenters. The molecular formula is C16H13NO2. The number of pyridine rings is 1. The van der Waals surface area contributed by atoms with Crippen molar-refractivity contribution in [2.45, 2.75) is 0 Å². The molecule has 94 valence electrons. The predicted molar refractivity (Wildman–Crippen MR) is 76.3 cm³/mol. The topological polar surface area (TPSA) is 42.2 Å². The summed E-state index contributed by atoms with van der Waals surface area (Å²) in [6.45, 7) is 0. The first-order valence-electron chi connectivity index (χ1n) is 6.05. The Morgan fingerprint density at radius 3 is 2.47 bits per heavy atom. The van der Waals surface area contributed by atoms with Crippen LogP contribution in [-0.2, 0) is 7.05 Å². The van der Waals surface area contributed by atoms with Gasteiger partial charge in [0.05, 0.1) is 5.52 Å². The fraction of sp³-hybridized carbons (Fsp3) is 0.0625. The first kappa shape index (κ1) is 11.5. The highest BCUT2D eigenvalue weighted by Crippen LogP contribution is 2.23. The molecule has 0 aliphatic rings. The Labute approximate surface area is 110 Å². The minimum Gasteiger partial charge on any atom is -0.508 e. The second-order valence-corrected chi connectivity index (χ2v) is 4.53. The lowest BCUT2D eigenvalue weighted by molar-refractivity contribution is 0.476. The van der Waals surface area contributed by atoms with Gasteiger partial charge in [-0.05, 0) is 29.8 Å². The molecule has 0 fully saturated rings. The Morgan fingerprint density at radius 2 is 1.74 bits per heavy atom. The molecule has 3 rings (SSSR count). The largest absolute Gasteiger partial charge is 0.508 e. The van der Waals surface area contributed by atoms with E-state index >= 15 is 0 Å². The number of nitrogens with zero attached hydrogens (tertiary/aromatic N) is 1. The first-order chi connectivity index (χ1) is 9.16. The number of hydrogen-bond donors (Lipinski definition) is 1. The van der Waals surface area contributed by atoms with E-state index in [-0.39, 0.29) is 11.3 Å². The molecule has 1 aromatic heterocycles. The normalized spacial score (nSPS) is 10.8. The van der Waals surface area contributed by atoms with Crippen molar-refractivity contribution in [1.29, 1.82) is 0 Å². The van der Waals surface area contributed by atoms with Gasteiger partial charge in [-0.2, -0.15) is 0 Å². The Balaban J connectivity index is 2.38. The van der Waals surface area contributed by atoms with Gasteiger partial charge in [-0.3, -0.25) is 4.79 Å². The van der Waals surface area contributed by atoms with Crippen molar-refractivity contribution < 1.29 is 5.11 Å². The Hall–Kier alpha value is -2.55. The third-order valence-electron chi connectivity index (χ3n) is 3.29. The van der Waals surface area contributed by atoms with E-state index in [1.54, 1.807) is 29.8 Å². The maximum atomic E-state index is 12.4. The average Bonchev–Trinajstić information content (AvgIpc) is 2.43. The highest BCUT2D eigenvalue weighted by molar-refractivity contribution is 5.85. The van der Waals surface area contributed by atoms with Gasteiger partial charge < -0.3 is 9.67 Å². The monoisotopic (exact) mass is 251 g/mol. The lowest BCUT2D eigenvalue weighted by Crippen LogP contribution is -2.18. The molecule has 0 aliphatic heterocycles. The van der Waals surface area contributed by atoms with E-state index in [1.165, 1.54) is 0 Å². The highest BCUT2D eigenvalue weighted by atomic mass is 16.3. The molecule has 2 aromatic carbocycles. The highest BCUT2D eigenvalue weighted by Gasteiger charge is 2.08. The number of rotatable bonds is 1. The molecule has 3 aromatic rings. The zero-order valence-corrected chi connectivity index (χ0v) is 10.5. The van der Waals surface area contributed by atoms with Crippen LogP contribution in [0.2, 0.25) is 0 Å². The van der Waals surface area contributed by atoms with Crippen LogP contribution >= 0.6 is 0 Å².